The van der Waals surface area contributed by atoms with Gasteiger partial charge in [0.25, 0.3) is 0 Å². The van der Waals surface area contributed by atoms with Crippen LogP contribution in [-0.4, -0.2) is 47.1 Å². The van der Waals surface area contributed by atoms with Gasteiger partial charge in [-0.05, 0) is 39.3 Å². The standard InChI is InChI=1S/C19H23N3O3/c1-19(2,3)25-18(24)22-12-10-15(22)17(23)21(4)14-9-5-7-13-8-6-11-20-16(13)14/h5-9,11,15H,10,12H2,1-4H3/t15-/m1/s1. The van der Waals surface area contributed by atoms with Gasteiger partial charge < -0.3 is 9.64 Å². The van der Waals surface area contributed by atoms with Gasteiger partial charge in [0.15, 0.2) is 0 Å². The van der Waals surface area contributed by atoms with E-state index in [-0.39, 0.29) is 5.91 Å². The molecular weight excluding hydrogens is 318 g/mol. The number of nitrogens with zero attached hydrogens (tertiary/aromatic N) is 3. The highest BCUT2D eigenvalue weighted by Gasteiger charge is 2.41. The van der Waals surface area contributed by atoms with E-state index in [2.05, 4.69) is 4.98 Å². The Morgan fingerprint density at radius 2 is 1.96 bits per heavy atom. The largest absolute Gasteiger partial charge is 0.444 e. The zero-order valence-corrected chi connectivity index (χ0v) is 15.0. The molecular formula is C19H23N3O3. The number of rotatable bonds is 2. The SMILES string of the molecule is CN(C(=O)[C@H]1CCN1C(=O)OC(C)(C)C)c1cccc2cccnc12. The van der Waals surface area contributed by atoms with Gasteiger partial charge in [-0.3, -0.25) is 14.7 Å². The summed E-state index contributed by atoms with van der Waals surface area (Å²) in [5.74, 6) is -0.129. The quantitative estimate of drug-likeness (QED) is 0.841. The third-order valence-corrected chi connectivity index (χ3v) is 4.24. The van der Waals surface area contributed by atoms with Crippen molar-refractivity contribution in [3.8, 4) is 0 Å². The molecule has 25 heavy (non-hydrogen) atoms. The molecule has 0 N–H and O–H groups in total. The zero-order chi connectivity index (χ0) is 18.2. The van der Waals surface area contributed by atoms with E-state index in [1.165, 1.54) is 4.90 Å². The van der Waals surface area contributed by atoms with Crippen LogP contribution in [0.15, 0.2) is 36.5 Å². The highest BCUT2D eigenvalue weighted by molar-refractivity contribution is 6.04. The average molecular weight is 341 g/mol. The minimum atomic E-state index is -0.578. The highest BCUT2D eigenvalue weighted by Crippen LogP contribution is 2.28. The van der Waals surface area contributed by atoms with Crippen LogP contribution in [0.3, 0.4) is 0 Å². The van der Waals surface area contributed by atoms with E-state index in [0.717, 1.165) is 16.6 Å². The van der Waals surface area contributed by atoms with E-state index in [1.807, 2.05) is 51.1 Å². The number of para-hydroxylation sites is 1. The third-order valence-electron chi connectivity index (χ3n) is 4.24. The molecule has 1 aromatic heterocycles. The van der Waals surface area contributed by atoms with Gasteiger partial charge in [-0.15, -0.1) is 0 Å². The summed E-state index contributed by atoms with van der Waals surface area (Å²) in [4.78, 5) is 32.6. The first-order valence-electron chi connectivity index (χ1n) is 8.39. The van der Waals surface area contributed by atoms with Gasteiger partial charge in [-0.25, -0.2) is 4.79 Å². The first-order valence-corrected chi connectivity index (χ1v) is 8.39. The number of pyridine rings is 1. The number of carbonyl (C=O) groups excluding carboxylic acids is 2. The topological polar surface area (TPSA) is 62.7 Å². The van der Waals surface area contributed by atoms with Crippen LogP contribution in [0.4, 0.5) is 10.5 Å². The van der Waals surface area contributed by atoms with Crippen molar-refractivity contribution in [1.29, 1.82) is 0 Å². The van der Waals surface area contributed by atoms with Gasteiger partial charge in [0, 0.05) is 25.2 Å². The predicted octanol–water partition coefficient (Wildman–Crippen LogP) is 3.21. The molecule has 1 aliphatic heterocycles. The number of hydrogen-bond donors (Lipinski definition) is 0. The lowest BCUT2D eigenvalue weighted by atomic mass is 10.0. The van der Waals surface area contributed by atoms with Crippen LogP contribution >= 0.6 is 0 Å². The molecule has 6 nitrogen and oxygen atoms in total. The van der Waals surface area contributed by atoms with Crippen molar-refractivity contribution in [3.05, 3.63) is 36.5 Å². The van der Waals surface area contributed by atoms with Gasteiger partial charge >= 0.3 is 6.09 Å². The minimum Gasteiger partial charge on any atom is -0.444 e. The number of anilines is 1. The Labute approximate surface area is 147 Å². The Bertz CT molecular complexity index is 808. The molecule has 132 valence electrons. The summed E-state index contributed by atoms with van der Waals surface area (Å²) in [6, 6.07) is 9.06. The maximum Gasteiger partial charge on any atom is 0.410 e. The molecule has 0 radical (unpaired) electrons. The molecule has 2 aromatic rings. The molecule has 1 fully saturated rings. The number of likely N-dealkylation sites (N-methyl/N-ethyl adjacent to an activating group) is 1. The Hall–Kier alpha value is -2.63. The number of carbonyl (C=O) groups is 2. The van der Waals surface area contributed by atoms with Crippen LogP contribution in [0.2, 0.25) is 0 Å². The fourth-order valence-corrected chi connectivity index (χ4v) is 2.88. The molecule has 0 spiro atoms. The molecule has 2 amide bonds. The van der Waals surface area contributed by atoms with E-state index < -0.39 is 17.7 Å². The maximum absolute atomic E-state index is 12.9. The second kappa shape index (κ2) is 6.35. The van der Waals surface area contributed by atoms with Crippen LogP contribution < -0.4 is 4.90 Å². The van der Waals surface area contributed by atoms with Crippen LogP contribution in [-0.2, 0) is 9.53 Å². The Balaban J connectivity index is 1.79. The molecule has 1 saturated heterocycles. The summed E-state index contributed by atoms with van der Waals surface area (Å²) in [5.41, 5.74) is 0.925. The lowest BCUT2D eigenvalue weighted by molar-refractivity contribution is -0.127. The second-order valence-corrected chi connectivity index (χ2v) is 7.23. The molecule has 0 aliphatic carbocycles. The number of benzene rings is 1. The minimum absolute atomic E-state index is 0.129. The summed E-state index contributed by atoms with van der Waals surface area (Å²) in [6.45, 7) is 5.98. The first kappa shape index (κ1) is 17.2. The first-order chi connectivity index (χ1) is 11.8. The Kier molecular flexibility index (Phi) is 4.37. The van der Waals surface area contributed by atoms with Crippen molar-refractivity contribution in [1.82, 2.24) is 9.88 Å². The van der Waals surface area contributed by atoms with Gasteiger partial charge in [0.2, 0.25) is 5.91 Å². The van der Waals surface area contributed by atoms with Crippen molar-refractivity contribution in [2.75, 3.05) is 18.5 Å². The third kappa shape index (κ3) is 3.43. The lowest BCUT2D eigenvalue weighted by Crippen LogP contribution is -2.59. The van der Waals surface area contributed by atoms with E-state index in [4.69, 9.17) is 4.74 Å². The summed E-state index contributed by atoms with van der Waals surface area (Å²) in [5, 5.41) is 0.970. The van der Waals surface area contributed by atoms with E-state index in [1.54, 1.807) is 18.1 Å². The second-order valence-electron chi connectivity index (χ2n) is 7.23. The molecule has 0 saturated carbocycles. The van der Waals surface area contributed by atoms with Crippen LogP contribution in [0.5, 0.6) is 0 Å². The molecule has 1 aromatic carbocycles. The number of fused-ring (bicyclic) bond motifs is 1. The smallest absolute Gasteiger partial charge is 0.410 e. The van der Waals surface area contributed by atoms with E-state index in [0.29, 0.717) is 13.0 Å². The lowest BCUT2D eigenvalue weighted by Gasteiger charge is -2.41. The van der Waals surface area contributed by atoms with Crippen molar-refractivity contribution in [2.45, 2.75) is 38.8 Å². The fraction of sp³-hybridized carbons (Fsp3) is 0.421. The van der Waals surface area contributed by atoms with Crippen LogP contribution in [0.1, 0.15) is 27.2 Å². The highest BCUT2D eigenvalue weighted by atomic mass is 16.6. The normalized spacial score (nSPS) is 17.1. The monoisotopic (exact) mass is 341 g/mol. The molecule has 0 bridgehead atoms. The average Bonchev–Trinajstić information content (AvgIpc) is 2.50. The molecule has 1 aliphatic rings. The summed E-state index contributed by atoms with van der Waals surface area (Å²) in [6.07, 6.45) is 1.91. The number of aromatic nitrogens is 1. The van der Waals surface area contributed by atoms with Gasteiger partial charge in [-0.1, -0.05) is 18.2 Å². The Morgan fingerprint density at radius 3 is 2.60 bits per heavy atom. The molecule has 1 atom stereocenters. The summed E-state index contributed by atoms with van der Waals surface area (Å²) in [7, 11) is 1.72. The summed E-state index contributed by atoms with van der Waals surface area (Å²) < 4.78 is 5.38. The molecule has 3 rings (SSSR count). The molecule has 0 unspecified atom stereocenters. The van der Waals surface area contributed by atoms with Crippen LogP contribution in [0.25, 0.3) is 10.9 Å². The number of likely N-dealkylation sites (tertiary alicyclic amines) is 1. The fourth-order valence-electron chi connectivity index (χ4n) is 2.88. The van der Waals surface area contributed by atoms with Crippen molar-refractivity contribution in [3.63, 3.8) is 0 Å². The summed E-state index contributed by atoms with van der Waals surface area (Å²) >= 11 is 0. The van der Waals surface area contributed by atoms with Crippen molar-refractivity contribution in [2.24, 2.45) is 0 Å². The predicted molar refractivity (Wildman–Crippen MR) is 96.5 cm³/mol. The van der Waals surface area contributed by atoms with Crippen LogP contribution in [0, 0.1) is 0 Å². The van der Waals surface area contributed by atoms with Gasteiger partial charge in [-0.2, -0.15) is 0 Å². The number of hydrogen-bond acceptors (Lipinski definition) is 4. The zero-order valence-electron chi connectivity index (χ0n) is 15.0. The maximum atomic E-state index is 12.9. The van der Waals surface area contributed by atoms with Gasteiger partial charge in [0.1, 0.15) is 11.6 Å². The van der Waals surface area contributed by atoms with Crippen molar-refractivity contribution < 1.29 is 14.3 Å². The Morgan fingerprint density at radius 1 is 1.24 bits per heavy atom. The van der Waals surface area contributed by atoms with E-state index in [9.17, 15) is 9.59 Å². The van der Waals surface area contributed by atoms with E-state index >= 15 is 0 Å². The van der Waals surface area contributed by atoms with Crippen molar-refractivity contribution >= 4 is 28.6 Å². The molecule has 2 heterocycles. The van der Waals surface area contributed by atoms with Gasteiger partial charge in [0.05, 0.1) is 11.2 Å². The molecule has 6 heteroatoms. The number of amides is 2. The number of ether oxygens (including phenoxy) is 1.